The first-order chi connectivity index (χ1) is 8.54. The lowest BCUT2D eigenvalue weighted by Gasteiger charge is -2.19. The van der Waals surface area contributed by atoms with E-state index in [1.54, 1.807) is 0 Å². The van der Waals surface area contributed by atoms with Gasteiger partial charge in [-0.3, -0.25) is 0 Å². The van der Waals surface area contributed by atoms with Gasteiger partial charge < -0.3 is 15.8 Å². The van der Waals surface area contributed by atoms with Crippen LogP contribution < -0.4 is 15.8 Å². The molecule has 0 fully saturated rings. The Hall–Kier alpha value is -1.38. The molecule has 0 bridgehead atoms. The van der Waals surface area contributed by atoms with Gasteiger partial charge in [-0.1, -0.05) is 19.9 Å². The largest absolute Gasteiger partial charge is 0.492 e. The van der Waals surface area contributed by atoms with E-state index in [1.165, 1.54) is 6.42 Å². The molecule has 0 amide bonds. The molecule has 0 aromatic heterocycles. The quantitative estimate of drug-likeness (QED) is 0.721. The highest BCUT2D eigenvalue weighted by Gasteiger charge is 2.09. The fourth-order valence-corrected chi connectivity index (χ4v) is 1.87. The molecule has 1 atom stereocenters. The second-order valence-corrected chi connectivity index (χ2v) is 5.17. The number of benzene rings is 1. The highest BCUT2D eigenvalue weighted by Crippen LogP contribution is 2.30. The number of rotatable bonds is 7. The normalized spacial score (nSPS) is 12.5. The number of hydrogen-bond donors (Lipinski definition) is 2. The van der Waals surface area contributed by atoms with Crippen molar-refractivity contribution in [1.29, 1.82) is 0 Å². The molecule has 102 valence electrons. The summed E-state index contributed by atoms with van der Waals surface area (Å²) in [7, 11) is 0. The molecule has 1 rings (SSSR count). The minimum atomic E-state index is 0.423. The zero-order chi connectivity index (χ0) is 13.5. The van der Waals surface area contributed by atoms with Gasteiger partial charge >= 0.3 is 0 Å². The Labute approximate surface area is 111 Å². The molecule has 0 spiro atoms. The van der Waals surface area contributed by atoms with Crippen LogP contribution in [0, 0.1) is 5.92 Å². The van der Waals surface area contributed by atoms with Crippen LogP contribution in [0.5, 0.6) is 5.75 Å². The zero-order valence-corrected chi connectivity index (χ0v) is 12.0. The predicted molar refractivity (Wildman–Crippen MR) is 79.2 cm³/mol. The van der Waals surface area contributed by atoms with Crippen molar-refractivity contribution in [3.8, 4) is 5.75 Å². The lowest BCUT2D eigenvalue weighted by atomic mass is 10.0. The predicted octanol–water partition coefficient (Wildman–Crippen LogP) is 3.90. The summed E-state index contributed by atoms with van der Waals surface area (Å²) in [6, 6.07) is 6.30. The molecule has 0 heterocycles. The Balaban J connectivity index is 2.63. The molecule has 3 heteroatoms. The van der Waals surface area contributed by atoms with E-state index in [2.05, 4.69) is 26.1 Å². The third-order valence-electron chi connectivity index (χ3n) is 2.94. The number of nitrogens with one attached hydrogen (secondary N) is 1. The van der Waals surface area contributed by atoms with Crippen LogP contribution in [0.4, 0.5) is 11.4 Å². The van der Waals surface area contributed by atoms with Gasteiger partial charge in [-0.2, -0.15) is 0 Å². The molecule has 3 N–H and O–H groups in total. The lowest BCUT2D eigenvalue weighted by Crippen LogP contribution is -2.17. The summed E-state index contributed by atoms with van der Waals surface area (Å²) in [5, 5.41) is 3.46. The van der Waals surface area contributed by atoms with E-state index in [9.17, 15) is 0 Å². The molecular weight excluding hydrogens is 224 g/mol. The molecule has 18 heavy (non-hydrogen) atoms. The lowest BCUT2D eigenvalue weighted by molar-refractivity contribution is 0.342. The Kier molecular flexibility index (Phi) is 5.83. The molecule has 0 aliphatic heterocycles. The minimum absolute atomic E-state index is 0.423. The van der Waals surface area contributed by atoms with Crippen molar-refractivity contribution in [2.45, 2.75) is 46.6 Å². The smallest absolute Gasteiger partial charge is 0.144 e. The monoisotopic (exact) mass is 250 g/mol. The van der Waals surface area contributed by atoms with E-state index in [-0.39, 0.29) is 0 Å². The second-order valence-electron chi connectivity index (χ2n) is 5.17. The summed E-state index contributed by atoms with van der Waals surface area (Å²) in [6.07, 6.45) is 2.37. The van der Waals surface area contributed by atoms with Crippen LogP contribution in [0.2, 0.25) is 0 Å². The van der Waals surface area contributed by atoms with Crippen LogP contribution in [0.15, 0.2) is 18.2 Å². The summed E-state index contributed by atoms with van der Waals surface area (Å²) in [5.74, 6) is 1.50. The van der Waals surface area contributed by atoms with Crippen LogP contribution in [-0.4, -0.2) is 12.6 Å². The van der Waals surface area contributed by atoms with Crippen LogP contribution >= 0.6 is 0 Å². The molecule has 3 nitrogen and oxygen atoms in total. The van der Waals surface area contributed by atoms with Gasteiger partial charge in [0.2, 0.25) is 0 Å². The van der Waals surface area contributed by atoms with E-state index in [4.69, 9.17) is 10.5 Å². The van der Waals surface area contributed by atoms with Crippen molar-refractivity contribution in [3.63, 3.8) is 0 Å². The molecule has 1 aromatic carbocycles. The highest BCUT2D eigenvalue weighted by atomic mass is 16.5. The number of para-hydroxylation sites is 1. The summed E-state index contributed by atoms with van der Waals surface area (Å²) in [5.41, 5.74) is 7.76. The van der Waals surface area contributed by atoms with Crippen molar-refractivity contribution in [2.75, 3.05) is 17.7 Å². The Bertz CT molecular complexity index is 364. The van der Waals surface area contributed by atoms with Crippen LogP contribution in [0.1, 0.15) is 40.5 Å². The Morgan fingerprint density at radius 2 is 1.94 bits per heavy atom. The average Bonchev–Trinajstić information content (AvgIpc) is 2.32. The van der Waals surface area contributed by atoms with E-state index >= 15 is 0 Å². The van der Waals surface area contributed by atoms with Crippen molar-refractivity contribution in [1.82, 2.24) is 0 Å². The summed E-state index contributed by atoms with van der Waals surface area (Å²) >= 11 is 0. The molecular formula is C15H26N2O. The average molecular weight is 250 g/mol. The molecule has 1 unspecified atom stereocenters. The number of nitrogen functional groups attached to an aromatic ring is 1. The van der Waals surface area contributed by atoms with Crippen LogP contribution in [0.3, 0.4) is 0 Å². The van der Waals surface area contributed by atoms with Crippen LogP contribution in [0.25, 0.3) is 0 Å². The van der Waals surface area contributed by atoms with Gasteiger partial charge in [-0.25, -0.2) is 0 Å². The summed E-state index contributed by atoms with van der Waals surface area (Å²) in [4.78, 5) is 0. The van der Waals surface area contributed by atoms with E-state index < -0.39 is 0 Å². The van der Waals surface area contributed by atoms with E-state index in [0.717, 1.165) is 23.8 Å². The van der Waals surface area contributed by atoms with Gasteiger partial charge in [0.1, 0.15) is 5.75 Å². The molecule has 0 aliphatic carbocycles. The molecule has 0 saturated carbocycles. The van der Waals surface area contributed by atoms with Gasteiger partial charge in [-0.15, -0.1) is 0 Å². The number of ether oxygens (including phenoxy) is 1. The maximum atomic E-state index is 6.09. The van der Waals surface area contributed by atoms with Gasteiger partial charge in [0.25, 0.3) is 0 Å². The SMILES string of the molecule is CCOc1cccc(NC(C)CCC(C)C)c1N. The fourth-order valence-electron chi connectivity index (χ4n) is 1.87. The van der Waals surface area contributed by atoms with Crippen molar-refractivity contribution in [3.05, 3.63) is 18.2 Å². The first-order valence-electron chi connectivity index (χ1n) is 6.82. The summed E-state index contributed by atoms with van der Waals surface area (Å²) in [6.45, 7) is 9.28. The van der Waals surface area contributed by atoms with Crippen molar-refractivity contribution < 1.29 is 4.74 Å². The molecule has 0 saturated heterocycles. The molecule has 0 radical (unpaired) electrons. The van der Waals surface area contributed by atoms with Gasteiger partial charge in [-0.05, 0) is 44.7 Å². The highest BCUT2D eigenvalue weighted by molar-refractivity contribution is 5.73. The van der Waals surface area contributed by atoms with Crippen molar-refractivity contribution >= 4 is 11.4 Å². The van der Waals surface area contributed by atoms with Gasteiger partial charge in [0.15, 0.2) is 0 Å². The van der Waals surface area contributed by atoms with Crippen LogP contribution in [-0.2, 0) is 0 Å². The number of hydrogen-bond acceptors (Lipinski definition) is 3. The second kappa shape index (κ2) is 7.14. The zero-order valence-electron chi connectivity index (χ0n) is 12.0. The van der Waals surface area contributed by atoms with Crippen molar-refractivity contribution in [2.24, 2.45) is 5.92 Å². The Morgan fingerprint density at radius 1 is 1.22 bits per heavy atom. The molecule has 0 aliphatic rings. The molecule has 1 aromatic rings. The maximum Gasteiger partial charge on any atom is 0.144 e. The summed E-state index contributed by atoms with van der Waals surface area (Å²) < 4.78 is 5.49. The number of anilines is 2. The Morgan fingerprint density at radius 3 is 2.56 bits per heavy atom. The topological polar surface area (TPSA) is 47.3 Å². The van der Waals surface area contributed by atoms with E-state index in [0.29, 0.717) is 18.3 Å². The third kappa shape index (κ3) is 4.47. The van der Waals surface area contributed by atoms with Gasteiger partial charge in [0.05, 0.1) is 18.0 Å². The third-order valence-corrected chi connectivity index (χ3v) is 2.94. The fraction of sp³-hybridized carbons (Fsp3) is 0.600. The first kappa shape index (κ1) is 14.7. The first-order valence-corrected chi connectivity index (χ1v) is 6.82. The van der Waals surface area contributed by atoms with E-state index in [1.807, 2.05) is 25.1 Å². The van der Waals surface area contributed by atoms with Gasteiger partial charge in [0, 0.05) is 6.04 Å². The number of nitrogens with two attached hydrogens (primary N) is 1. The maximum absolute atomic E-state index is 6.09. The minimum Gasteiger partial charge on any atom is -0.492 e. The standard InChI is InChI=1S/C15H26N2O/c1-5-18-14-8-6-7-13(15(14)16)17-12(4)10-9-11(2)3/h6-8,11-12,17H,5,9-10,16H2,1-4H3.